The molecule has 4 rings (SSSR count). The van der Waals surface area contributed by atoms with E-state index in [2.05, 4.69) is 27.0 Å². The van der Waals surface area contributed by atoms with Gasteiger partial charge in [-0.3, -0.25) is 19.6 Å². The molecule has 1 saturated carbocycles. The smallest absolute Gasteiger partial charge is 0.279 e. The Balaban J connectivity index is 1.61. The van der Waals surface area contributed by atoms with Gasteiger partial charge in [0.15, 0.2) is 5.69 Å². The van der Waals surface area contributed by atoms with Gasteiger partial charge in [0.05, 0.1) is 5.52 Å². The summed E-state index contributed by atoms with van der Waals surface area (Å²) in [4.78, 5) is 28.7. The molecule has 2 fully saturated rings. The summed E-state index contributed by atoms with van der Waals surface area (Å²) < 4.78 is 0. The molecule has 1 aliphatic carbocycles. The predicted molar refractivity (Wildman–Crippen MR) is 95.1 cm³/mol. The summed E-state index contributed by atoms with van der Waals surface area (Å²) in [5.74, 6) is 0.0213. The maximum Gasteiger partial charge on any atom is 0.279 e. The van der Waals surface area contributed by atoms with Gasteiger partial charge < -0.3 is 10.2 Å². The number of aromatic nitrogens is 2. The predicted octanol–water partition coefficient (Wildman–Crippen LogP) is 1.81. The zero-order valence-electron chi connectivity index (χ0n) is 14.2. The van der Waals surface area contributed by atoms with Gasteiger partial charge in [-0.15, -0.1) is 0 Å². The van der Waals surface area contributed by atoms with Crippen molar-refractivity contribution in [1.82, 2.24) is 20.0 Å². The number of hydrogen-bond acceptors (Lipinski definition) is 4. The standard InChI is InChI=1S/C18H21N5O2/c1-11-10-22(2)7-8-23(11)18(25)16-14-9-13(5-6-15(14)20-21-16)19-17(24)12-3-4-12/h5-6,9,12H,1,3-4,7-8,10H2,2H3,(H,19,24)(H,20,21). The molecule has 2 heterocycles. The molecule has 7 heteroatoms. The van der Waals surface area contributed by atoms with E-state index in [4.69, 9.17) is 0 Å². The second-order valence-corrected chi connectivity index (χ2v) is 6.86. The van der Waals surface area contributed by atoms with E-state index < -0.39 is 0 Å². The summed E-state index contributed by atoms with van der Waals surface area (Å²) in [6.45, 7) is 6.07. The van der Waals surface area contributed by atoms with E-state index >= 15 is 0 Å². The van der Waals surface area contributed by atoms with Gasteiger partial charge in [-0.1, -0.05) is 6.58 Å². The maximum absolute atomic E-state index is 12.9. The zero-order chi connectivity index (χ0) is 17.6. The first kappa shape index (κ1) is 15.8. The Morgan fingerprint density at radius 2 is 2.12 bits per heavy atom. The van der Waals surface area contributed by atoms with Crippen LogP contribution in [0.25, 0.3) is 10.9 Å². The van der Waals surface area contributed by atoms with E-state index in [0.29, 0.717) is 29.9 Å². The number of H-pyrrole nitrogens is 1. The monoisotopic (exact) mass is 339 g/mol. The summed E-state index contributed by atoms with van der Waals surface area (Å²) >= 11 is 0. The minimum atomic E-state index is -0.157. The van der Waals surface area contributed by atoms with Crippen LogP contribution in [0, 0.1) is 5.92 Å². The maximum atomic E-state index is 12.9. The number of carbonyl (C=O) groups excluding carboxylic acids is 2. The minimum absolute atomic E-state index is 0.0446. The number of fused-ring (bicyclic) bond motifs is 1. The van der Waals surface area contributed by atoms with Crippen LogP contribution in [0.15, 0.2) is 30.5 Å². The number of nitrogens with one attached hydrogen (secondary N) is 2. The molecule has 0 spiro atoms. The van der Waals surface area contributed by atoms with Crippen LogP contribution < -0.4 is 5.32 Å². The molecule has 1 aliphatic heterocycles. The Kier molecular flexibility index (Phi) is 3.80. The van der Waals surface area contributed by atoms with Crippen LogP contribution in [0.4, 0.5) is 5.69 Å². The van der Waals surface area contributed by atoms with Crippen molar-refractivity contribution in [3.05, 3.63) is 36.2 Å². The highest BCUT2D eigenvalue weighted by Gasteiger charge is 2.30. The number of benzene rings is 1. The lowest BCUT2D eigenvalue weighted by atomic mass is 10.1. The third-order valence-corrected chi connectivity index (χ3v) is 4.77. The van der Waals surface area contributed by atoms with Crippen molar-refractivity contribution in [3.8, 4) is 0 Å². The Hall–Kier alpha value is -2.67. The third kappa shape index (κ3) is 3.02. The molecule has 25 heavy (non-hydrogen) atoms. The summed E-state index contributed by atoms with van der Waals surface area (Å²) in [7, 11) is 2.01. The number of aromatic amines is 1. The van der Waals surface area contributed by atoms with Crippen molar-refractivity contribution >= 4 is 28.4 Å². The molecule has 2 aliphatic rings. The molecule has 7 nitrogen and oxygen atoms in total. The van der Waals surface area contributed by atoms with Crippen LogP contribution in [-0.2, 0) is 4.79 Å². The van der Waals surface area contributed by atoms with Crippen LogP contribution in [-0.4, -0.2) is 58.5 Å². The molecule has 1 saturated heterocycles. The molecular formula is C18H21N5O2. The van der Waals surface area contributed by atoms with Crippen molar-refractivity contribution < 1.29 is 9.59 Å². The zero-order valence-corrected chi connectivity index (χ0v) is 14.2. The lowest BCUT2D eigenvalue weighted by Gasteiger charge is -2.33. The first-order valence-electron chi connectivity index (χ1n) is 8.50. The van der Waals surface area contributed by atoms with E-state index in [0.717, 1.165) is 30.6 Å². The summed E-state index contributed by atoms with van der Waals surface area (Å²) in [5.41, 5.74) is 2.60. The number of likely N-dealkylation sites (N-methyl/N-ethyl adjacent to an activating group) is 1. The molecule has 2 amide bonds. The number of nitrogens with zero attached hydrogens (tertiary/aromatic N) is 3. The van der Waals surface area contributed by atoms with Gasteiger partial charge >= 0.3 is 0 Å². The molecule has 0 atom stereocenters. The molecule has 2 N–H and O–H groups in total. The van der Waals surface area contributed by atoms with E-state index in [1.807, 2.05) is 25.2 Å². The molecule has 0 radical (unpaired) electrons. The van der Waals surface area contributed by atoms with Crippen molar-refractivity contribution in [2.45, 2.75) is 12.8 Å². The highest BCUT2D eigenvalue weighted by molar-refractivity contribution is 6.07. The Bertz CT molecular complexity index is 867. The molecule has 2 aromatic rings. The van der Waals surface area contributed by atoms with E-state index in [9.17, 15) is 9.59 Å². The van der Waals surface area contributed by atoms with Gasteiger partial charge in [0.2, 0.25) is 5.91 Å². The average molecular weight is 339 g/mol. The SMILES string of the molecule is C=C1CN(C)CCN1C(=O)c1n[nH]c2ccc(NC(=O)C3CC3)cc12. The number of rotatable bonds is 3. The number of carbonyl (C=O) groups is 2. The van der Waals surface area contributed by atoms with Crippen molar-refractivity contribution in [1.29, 1.82) is 0 Å². The van der Waals surface area contributed by atoms with E-state index in [1.54, 1.807) is 4.90 Å². The topological polar surface area (TPSA) is 81.3 Å². The molecule has 130 valence electrons. The van der Waals surface area contributed by atoms with Gasteiger partial charge in [0, 0.05) is 42.3 Å². The molecule has 1 aromatic carbocycles. The van der Waals surface area contributed by atoms with Gasteiger partial charge in [0.25, 0.3) is 5.91 Å². The number of amides is 2. The highest BCUT2D eigenvalue weighted by Crippen LogP contribution is 2.31. The second kappa shape index (κ2) is 6.00. The molecule has 1 aromatic heterocycles. The first-order valence-corrected chi connectivity index (χ1v) is 8.50. The highest BCUT2D eigenvalue weighted by atomic mass is 16.2. The van der Waals surface area contributed by atoms with Crippen LogP contribution >= 0.6 is 0 Å². The molecular weight excluding hydrogens is 318 g/mol. The number of hydrogen-bond donors (Lipinski definition) is 2. The van der Waals surface area contributed by atoms with Gasteiger partial charge in [-0.2, -0.15) is 5.10 Å². The number of piperazine rings is 1. The van der Waals surface area contributed by atoms with Gasteiger partial charge in [0.1, 0.15) is 0 Å². The lowest BCUT2D eigenvalue weighted by molar-refractivity contribution is -0.117. The Morgan fingerprint density at radius 1 is 1.32 bits per heavy atom. The summed E-state index contributed by atoms with van der Waals surface area (Å²) in [6, 6.07) is 5.47. The Morgan fingerprint density at radius 3 is 2.84 bits per heavy atom. The fourth-order valence-electron chi connectivity index (χ4n) is 3.12. The van der Waals surface area contributed by atoms with Crippen LogP contribution in [0.2, 0.25) is 0 Å². The van der Waals surface area contributed by atoms with Crippen molar-refractivity contribution in [2.75, 3.05) is 32.0 Å². The lowest BCUT2D eigenvalue weighted by Crippen LogP contribution is -2.45. The molecule has 0 unspecified atom stereocenters. The number of anilines is 1. The minimum Gasteiger partial charge on any atom is -0.326 e. The summed E-state index contributed by atoms with van der Waals surface area (Å²) in [5, 5.41) is 10.7. The third-order valence-electron chi connectivity index (χ3n) is 4.77. The normalized spacial score (nSPS) is 18.6. The van der Waals surface area contributed by atoms with E-state index in [-0.39, 0.29) is 17.7 Å². The average Bonchev–Trinajstić information content (AvgIpc) is 3.35. The largest absolute Gasteiger partial charge is 0.326 e. The quantitative estimate of drug-likeness (QED) is 0.894. The summed E-state index contributed by atoms with van der Waals surface area (Å²) in [6.07, 6.45) is 1.91. The first-order chi connectivity index (χ1) is 12.0. The molecule has 0 bridgehead atoms. The Labute approximate surface area is 145 Å². The van der Waals surface area contributed by atoms with Gasteiger partial charge in [-0.25, -0.2) is 0 Å². The van der Waals surface area contributed by atoms with E-state index in [1.165, 1.54) is 0 Å². The fraction of sp³-hybridized carbons (Fsp3) is 0.389. The van der Waals surface area contributed by atoms with Crippen molar-refractivity contribution in [3.63, 3.8) is 0 Å². The second-order valence-electron chi connectivity index (χ2n) is 6.86. The van der Waals surface area contributed by atoms with Crippen molar-refractivity contribution in [2.24, 2.45) is 5.92 Å². The fourth-order valence-corrected chi connectivity index (χ4v) is 3.12. The van der Waals surface area contributed by atoms with Crippen LogP contribution in [0.5, 0.6) is 0 Å². The van der Waals surface area contributed by atoms with Crippen LogP contribution in [0.3, 0.4) is 0 Å². The van der Waals surface area contributed by atoms with Gasteiger partial charge in [-0.05, 0) is 38.1 Å². The van der Waals surface area contributed by atoms with Crippen LogP contribution in [0.1, 0.15) is 23.3 Å².